The number of nitrogens with one attached hydrogen (secondary N) is 1. The van der Waals surface area contributed by atoms with E-state index < -0.39 is 6.61 Å². The van der Waals surface area contributed by atoms with Crippen LogP contribution >= 0.6 is 23.1 Å². The number of benzene rings is 1. The zero-order chi connectivity index (χ0) is 24.5. The van der Waals surface area contributed by atoms with Crippen molar-refractivity contribution in [1.82, 2.24) is 19.7 Å². The largest absolute Gasteiger partial charge is 0.466 e. The summed E-state index contributed by atoms with van der Waals surface area (Å²) in [6.45, 7) is 3.23. The number of amides is 1. The first-order valence-electron chi connectivity index (χ1n) is 10.0. The second-order valence-corrected chi connectivity index (χ2v) is 8.37. The van der Waals surface area contributed by atoms with Gasteiger partial charge < -0.3 is 14.8 Å². The van der Waals surface area contributed by atoms with Gasteiger partial charge in [0.05, 0.1) is 24.5 Å². The molecular weight excluding hydrogens is 488 g/mol. The summed E-state index contributed by atoms with van der Waals surface area (Å²) in [5.74, 6) is -0.106. The molecule has 0 saturated carbocycles. The maximum atomic E-state index is 12.4. The van der Waals surface area contributed by atoms with Crippen molar-refractivity contribution < 1.29 is 27.8 Å². The molecule has 1 amide bonds. The number of hydrogen-bond donors (Lipinski definition) is 1. The number of hydrogen-bond acceptors (Lipinski definition) is 9. The van der Waals surface area contributed by atoms with Gasteiger partial charge in [0.2, 0.25) is 5.91 Å². The maximum absolute atomic E-state index is 12.4. The highest BCUT2D eigenvalue weighted by molar-refractivity contribution is 7.99. The van der Waals surface area contributed by atoms with Gasteiger partial charge in [0, 0.05) is 17.5 Å². The smallest absolute Gasteiger partial charge is 0.387 e. The van der Waals surface area contributed by atoms with Crippen molar-refractivity contribution in [3.05, 3.63) is 48.0 Å². The molecule has 0 radical (unpaired) electrons. The van der Waals surface area contributed by atoms with Gasteiger partial charge in [-0.05, 0) is 31.2 Å². The number of ether oxygens (including phenoxy) is 2. The molecule has 2 heterocycles. The molecule has 0 fully saturated rings. The molecule has 180 valence electrons. The van der Waals surface area contributed by atoms with E-state index in [1.54, 1.807) is 35.1 Å². The van der Waals surface area contributed by atoms with Gasteiger partial charge in [-0.2, -0.15) is 8.78 Å². The van der Waals surface area contributed by atoms with Crippen LogP contribution in [-0.4, -0.2) is 50.6 Å². The molecule has 0 aliphatic heterocycles. The summed E-state index contributed by atoms with van der Waals surface area (Å²) in [7, 11) is 0. The number of rotatable bonds is 12. The molecule has 1 N–H and O–H groups in total. The van der Waals surface area contributed by atoms with Crippen molar-refractivity contribution in [2.75, 3.05) is 17.7 Å². The van der Waals surface area contributed by atoms with E-state index in [1.807, 2.05) is 0 Å². The van der Waals surface area contributed by atoms with Gasteiger partial charge in [0.25, 0.3) is 0 Å². The van der Waals surface area contributed by atoms with E-state index in [0.29, 0.717) is 40.5 Å². The Bertz CT molecular complexity index is 1130. The topological polar surface area (TPSA) is 108 Å². The quantitative estimate of drug-likeness (QED) is 0.222. The number of thiazole rings is 1. The van der Waals surface area contributed by atoms with Gasteiger partial charge in [-0.15, -0.1) is 28.1 Å². The van der Waals surface area contributed by atoms with Crippen LogP contribution in [0.4, 0.5) is 13.9 Å². The van der Waals surface area contributed by atoms with Crippen LogP contribution in [-0.2, 0) is 27.3 Å². The van der Waals surface area contributed by atoms with Crippen LogP contribution in [0.3, 0.4) is 0 Å². The molecule has 0 unspecified atom stereocenters. The van der Waals surface area contributed by atoms with Crippen molar-refractivity contribution in [1.29, 1.82) is 0 Å². The van der Waals surface area contributed by atoms with Gasteiger partial charge in [0.15, 0.2) is 16.1 Å². The number of allylic oxidation sites excluding steroid dienone is 1. The molecule has 0 atom stereocenters. The number of carbonyl (C=O) groups excluding carboxylic acids is 2. The molecule has 3 rings (SSSR count). The fourth-order valence-electron chi connectivity index (χ4n) is 2.78. The van der Waals surface area contributed by atoms with E-state index in [4.69, 9.17) is 4.74 Å². The van der Waals surface area contributed by atoms with Gasteiger partial charge in [-0.25, -0.2) is 4.98 Å². The summed E-state index contributed by atoms with van der Waals surface area (Å²) in [6, 6.07) is 6.02. The number of nitrogens with zero attached hydrogens (tertiary/aromatic N) is 4. The maximum Gasteiger partial charge on any atom is 0.387 e. The lowest BCUT2D eigenvalue weighted by Gasteiger charge is -2.09. The van der Waals surface area contributed by atoms with Gasteiger partial charge in [-0.3, -0.25) is 14.2 Å². The second kappa shape index (κ2) is 12.2. The minimum Gasteiger partial charge on any atom is -0.466 e. The average Bonchev–Trinajstić information content (AvgIpc) is 3.39. The molecule has 0 aliphatic carbocycles. The number of anilines is 1. The number of alkyl halides is 2. The van der Waals surface area contributed by atoms with E-state index in [-0.39, 0.29) is 29.8 Å². The minimum atomic E-state index is -2.90. The predicted octanol–water partition coefficient (Wildman–Crippen LogP) is 4.03. The minimum absolute atomic E-state index is 0.0346. The van der Waals surface area contributed by atoms with Crippen LogP contribution in [0.15, 0.2) is 47.5 Å². The fraction of sp³-hybridized carbons (Fsp3) is 0.286. The molecule has 3 aromatic rings. The van der Waals surface area contributed by atoms with Crippen LogP contribution in [0.1, 0.15) is 12.6 Å². The zero-order valence-corrected chi connectivity index (χ0v) is 19.7. The van der Waals surface area contributed by atoms with E-state index in [1.165, 1.54) is 35.2 Å². The Hall–Kier alpha value is -3.32. The van der Waals surface area contributed by atoms with Gasteiger partial charge >= 0.3 is 12.6 Å². The molecule has 9 nitrogen and oxygen atoms in total. The monoisotopic (exact) mass is 509 g/mol. The summed E-state index contributed by atoms with van der Waals surface area (Å²) < 4.78 is 35.7. The molecular formula is C21H21F2N5O4S2. The highest BCUT2D eigenvalue weighted by atomic mass is 32.2. The lowest BCUT2D eigenvalue weighted by molar-refractivity contribution is -0.142. The van der Waals surface area contributed by atoms with Crippen molar-refractivity contribution >= 4 is 40.1 Å². The van der Waals surface area contributed by atoms with Crippen LogP contribution < -0.4 is 10.1 Å². The second-order valence-electron chi connectivity index (χ2n) is 6.57. The van der Waals surface area contributed by atoms with Crippen molar-refractivity contribution in [3.8, 4) is 17.1 Å². The summed E-state index contributed by atoms with van der Waals surface area (Å²) in [6.07, 6.45) is 1.70. The SMILES string of the molecule is C=CCn1c(SCC(=O)Nc2nc(CC(=O)OCC)cs2)nnc1-c1ccc(OC(F)F)cc1. The van der Waals surface area contributed by atoms with Crippen LogP contribution in [0.5, 0.6) is 5.75 Å². The van der Waals surface area contributed by atoms with Gasteiger partial charge in [0.1, 0.15) is 5.75 Å². The fourth-order valence-corrected chi connectivity index (χ4v) is 4.25. The molecule has 1 aromatic carbocycles. The Morgan fingerprint density at radius 2 is 2.06 bits per heavy atom. The molecule has 0 saturated heterocycles. The summed E-state index contributed by atoms with van der Waals surface area (Å²) in [4.78, 5) is 28.1. The van der Waals surface area contributed by atoms with Crippen LogP contribution in [0, 0.1) is 0 Å². The molecule has 0 spiro atoms. The Morgan fingerprint density at radius 3 is 2.74 bits per heavy atom. The van der Waals surface area contributed by atoms with Crippen LogP contribution in [0.2, 0.25) is 0 Å². The Kier molecular flexibility index (Phi) is 9.10. The lowest BCUT2D eigenvalue weighted by Crippen LogP contribution is -2.15. The molecule has 0 bridgehead atoms. The molecule has 13 heteroatoms. The molecule has 0 aliphatic rings. The summed E-state index contributed by atoms with van der Waals surface area (Å²) in [5.41, 5.74) is 1.16. The first kappa shape index (κ1) is 25.3. The van der Waals surface area contributed by atoms with Crippen molar-refractivity contribution in [3.63, 3.8) is 0 Å². The Balaban J connectivity index is 1.62. The van der Waals surface area contributed by atoms with Crippen LogP contribution in [0.25, 0.3) is 11.4 Å². The third kappa shape index (κ3) is 7.09. The normalized spacial score (nSPS) is 10.8. The zero-order valence-electron chi connectivity index (χ0n) is 18.1. The van der Waals surface area contributed by atoms with E-state index in [2.05, 4.69) is 31.8 Å². The molecule has 2 aromatic heterocycles. The summed E-state index contributed by atoms with van der Waals surface area (Å²) >= 11 is 2.39. The summed E-state index contributed by atoms with van der Waals surface area (Å²) in [5, 5.41) is 13.6. The van der Waals surface area contributed by atoms with Crippen molar-refractivity contribution in [2.45, 2.75) is 31.7 Å². The van der Waals surface area contributed by atoms with Crippen molar-refractivity contribution in [2.24, 2.45) is 0 Å². The average molecular weight is 510 g/mol. The Labute approximate surface area is 202 Å². The predicted molar refractivity (Wildman–Crippen MR) is 124 cm³/mol. The number of esters is 1. The highest BCUT2D eigenvalue weighted by Crippen LogP contribution is 2.26. The van der Waals surface area contributed by atoms with E-state index in [0.717, 1.165) is 0 Å². The Morgan fingerprint density at radius 1 is 1.29 bits per heavy atom. The first-order chi connectivity index (χ1) is 16.4. The number of thioether (sulfide) groups is 1. The number of aromatic nitrogens is 4. The van der Waals surface area contributed by atoms with E-state index in [9.17, 15) is 18.4 Å². The number of halogens is 2. The number of carbonyl (C=O) groups is 2. The third-order valence-electron chi connectivity index (χ3n) is 4.13. The van der Waals surface area contributed by atoms with E-state index >= 15 is 0 Å². The lowest BCUT2D eigenvalue weighted by atomic mass is 10.2. The van der Waals surface area contributed by atoms with Gasteiger partial charge in [-0.1, -0.05) is 17.8 Å². The first-order valence-corrected chi connectivity index (χ1v) is 11.9. The standard InChI is InChI=1S/C21H21F2N5O4S2/c1-3-9-28-18(13-5-7-15(8-6-13)32-19(22)23)26-27-21(28)34-12-16(29)25-20-24-14(11-33-20)10-17(30)31-4-2/h3,5-8,11,19H,1,4,9-10,12H2,2H3,(H,24,25,29). The highest BCUT2D eigenvalue weighted by Gasteiger charge is 2.16. The molecule has 34 heavy (non-hydrogen) atoms. The third-order valence-corrected chi connectivity index (χ3v) is 5.90.